The highest BCUT2D eigenvalue weighted by Gasteiger charge is 2.32. The van der Waals surface area contributed by atoms with Gasteiger partial charge in [-0.25, -0.2) is 12.7 Å². The first-order valence-electron chi connectivity index (χ1n) is 8.07. The summed E-state index contributed by atoms with van der Waals surface area (Å²) >= 11 is 0. The maximum Gasteiger partial charge on any atom is 0.416 e. The number of halogens is 3. The van der Waals surface area contributed by atoms with Crippen molar-refractivity contribution in [3.8, 4) is 0 Å². The molecule has 0 saturated carbocycles. The minimum Gasteiger partial charge on any atom is -0.317 e. The van der Waals surface area contributed by atoms with Crippen LogP contribution >= 0.6 is 0 Å². The van der Waals surface area contributed by atoms with E-state index in [0.717, 1.165) is 38.1 Å². The van der Waals surface area contributed by atoms with Crippen LogP contribution in [0.2, 0.25) is 0 Å². The van der Waals surface area contributed by atoms with E-state index in [1.807, 2.05) is 6.92 Å². The van der Waals surface area contributed by atoms with Crippen LogP contribution in [0.3, 0.4) is 0 Å². The molecule has 0 atom stereocenters. The van der Waals surface area contributed by atoms with Crippen LogP contribution in [0.5, 0.6) is 0 Å². The van der Waals surface area contributed by atoms with Crippen molar-refractivity contribution in [2.24, 2.45) is 5.92 Å². The lowest BCUT2D eigenvalue weighted by Gasteiger charge is -2.31. The monoisotopic (exact) mass is 364 g/mol. The normalized spacial score (nSPS) is 18.0. The molecule has 0 radical (unpaired) electrons. The molecule has 1 N–H and O–H groups in total. The molecule has 0 bridgehead atoms. The Balaban J connectivity index is 2.00. The Hall–Kier alpha value is -1.12. The van der Waals surface area contributed by atoms with Crippen molar-refractivity contribution in [1.82, 2.24) is 9.62 Å². The van der Waals surface area contributed by atoms with Crippen LogP contribution in [0.25, 0.3) is 0 Å². The topological polar surface area (TPSA) is 49.4 Å². The fraction of sp³-hybridized carbons (Fsp3) is 0.625. The number of hydrogen-bond acceptors (Lipinski definition) is 3. The Morgan fingerprint density at radius 1 is 1.25 bits per heavy atom. The fourth-order valence-electron chi connectivity index (χ4n) is 2.88. The maximum atomic E-state index is 12.7. The van der Waals surface area contributed by atoms with Crippen molar-refractivity contribution in [2.45, 2.75) is 31.7 Å². The van der Waals surface area contributed by atoms with Gasteiger partial charge >= 0.3 is 6.18 Å². The quantitative estimate of drug-likeness (QED) is 0.844. The highest BCUT2D eigenvalue weighted by Crippen LogP contribution is 2.30. The van der Waals surface area contributed by atoms with E-state index in [-0.39, 0.29) is 5.56 Å². The van der Waals surface area contributed by atoms with Gasteiger partial charge in [0, 0.05) is 13.1 Å². The number of nitrogens with one attached hydrogen (secondary N) is 1. The van der Waals surface area contributed by atoms with E-state index in [4.69, 9.17) is 0 Å². The third kappa shape index (κ3) is 5.19. The molecule has 1 aliphatic heterocycles. The van der Waals surface area contributed by atoms with Crippen LogP contribution in [-0.4, -0.2) is 38.9 Å². The second-order valence-electron chi connectivity index (χ2n) is 6.10. The average Bonchev–Trinajstić information content (AvgIpc) is 2.52. The standard InChI is InChI=1S/C16H23F3N2O2S/c1-2-20-11-13-6-8-21(9-7-13)24(22,23)12-14-4-3-5-15(10-14)16(17,18)19/h3-5,10,13,20H,2,6-9,11-12H2,1H3. The molecule has 1 fully saturated rings. The third-order valence-electron chi connectivity index (χ3n) is 4.25. The summed E-state index contributed by atoms with van der Waals surface area (Å²) in [5, 5.41) is 3.26. The Kier molecular flexibility index (Phi) is 6.28. The van der Waals surface area contributed by atoms with Gasteiger partial charge < -0.3 is 5.32 Å². The lowest BCUT2D eigenvalue weighted by atomic mass is 9.98. The van der Waals surface area contributed by atoms with Crippen molar-refractivity contribution in [1.29, 1.82) is 0 Å². The largest absolute Gasteiger partial charge is 0.416 e. The summed E-state index contributed by atoms with van der Waals surface area (Å²) in [7, 11) is -3.60. The summed E-state index contributed by atoms with van der Waals surface area (Å²) in [6.07, 6.45) is -2.92. The van der Waals surface area contributed by atoms with Crippen molar-refractivity contribution >= 4 is 10.0 Å². The van der Waals surface area contributed by atoms with Gasteiger partial charge in [-0.15, -0.1) is 0 Å². The van der Waals surface area contributed by atoms with Crippen molar-refractivity contribution in [3.05, 3.63) is 35.4 Å². The molecule has 1 aromatic carbocycles. The second-order valence-corrected chi connectivity index (χ2v) is 8.07. The summed E-state index contributed by atoms with van der Waals surface area (Å²) in [6.45, 7) is 4.63. The first-order valence-corrected chi connectivity index (χ1v) is 9.68. The molecule has 1 aliphatic rings. The molecular formula is C16H23F3N2O2S. The predicted octanol–water partition coefficient (Wildman–Crippen LogP) is 2.86. The van der Waals surface area contributed by atoms with E-state index in [1.165, 1.54) is 16.4 Å². The molecule has 1 saturated heterocycles. The molecule has 0 unspecified atom stereocenters. The lowest BCUT2D eigenvalue weighted by Crippen LogP contribution is -2.41. The molecule has 0 aliphatic carbocycles. The zero-order valence-corrected chi connectivity index (χ0v) is 14.5. The molecule has 8 heteroatoms. The van der Waals surface area contributed by atoms with Gasteiger partial charge in [0.1, 0.15) is 0 Å². The third-order valence-corrected chi connectivity index (χ3v) is 6.10. The van der Waals surface area contributed by atoms with Crippen molar-refractivity contribution < 1.29 is 21.6 Å². The van der Waals surface area contributed by atoms with E-state index in [1.54, 1.807) is 0 Å². The first kappa shape index (κ1) is 19.2. The van der Waals surface area contributed by atoms with Crippen LogP contribution in [0.15, 0.2) is 24.3 Å². The van der Waals surface area contributed by atoms with Crippen molar-refractivity contribution in [2.75, 3.05) is 26.2 Å². The first-order chi connectivity index (χ1) is 11.2. The minimum absolute atomic E-state index is 0.166. The Labute approximate surface area is 141 Å². The molecule has 0 spiro atoms. The summed E-state index contributed by atoms with van der Waals surface area (Å²) in [6, 6.07) is 4.53. The van der Waals surface area contributed by atoms with Gasteiger partial charge in [0.15, 0.2) is 0 Å². The molecule has 2 rings (SSSR count). The van der Waals surface area contributed by atoms with Gasteiger partial charge in [-0.1, -0.05) is 25.1 Å². The molecule has 136 valence electrons. The number of rotatable bonds is 6. The lowest BCUT2D eigenvalue weighted by molar-refractivity contribution is -0.137. The minimum atomic E-state index is -4.47. The van der Waals surface area contributed by atoms with Gasteiger partial charge in [-0.2, -0.15) is 13.2 Å². The summed E-state index contributed by atoms with van der Waals surface area (Å²) < 4.78 is 64.5. The van der Waals surface area contributed by atoms with E-state index >= 15 is 0 Å². The average molecular weight is 364 g/mol. The Morgan fingerprint density at radius 2 is 1.92 bits per heavy atom. The summed E-state index contributed by atoms with van der Waals surface area (Å²) in [5.74, 6) is 0.0550. The van der Waals surface area contributed by atoms with Crippen LogP contribution < -0.4 is 5.32 Å². The zero-order chi connectivity index (χ0) is 17.8. The van der Waals surface area contributed by atoms with E-state index in [0.29, 0.717) is 19.0 Å². The van der Waals surface area contributed by atoms with Gasteiger partial charge in [0.25, 0.3) is 0 Å². The van der Waals surface area contributed by atoms with Crippen LogP contribution in [0.4, 0.5) is 13.2 Å². The van der Waals surface area contributed by atoms with Gasteiger partial charge in [-0.3, -0.25) is 0 Å². The molecular weight excluding hydrogens is 341 g/mol. The summed E-state index contributed by atoms with van der Waals surface area (Å²) in [4.78, 5) is 0. The zero-order valence-electron chi connectivity index (χ0n) is 13.6. The number of hydrogen-bond donors (Lipinski definition) is 1. The highest BCUT2D eigenvalue weighted by atomic mass is 32.2. The molecule has 1 aromatic rings. The van der Waals surface area contributed by atoms with Crippen molar-refractivity contribution in [3.63, 3.8) is 0 Å². The van der Waals surface area contributed by atoms with Crippen LogP contribution in [0, 0.1) is 5.92 Å². The van der Waals surface area contributed by atoms with Crippen LogP contribution in [0.1, 0.15) is 30.9 Å². The number of nitrogens with zero attached hydrogens (tertiary/aromatic N) is 1. The van der Waals surface area contributed by atoms with E-state index in [9.17, 15) is 21.6 Å². The van der Waals surface area contributed by atoms with Crippen LogP contribution in [-0.2, 0) is 22.0 Å². The van der Waals surface area contributed by atoms with Gasteiger partial charge in [0.2, 0.25) is 10.0 Å². The SMILES string of the molecule is CCNCC1CCN(S(=O)(=O)Cc2cccc(C(F)(F)F)c2)CC1. The number of alkyl halides is 3. The molecule has 0 amide bonds. The molecule has 0 aromatic heterocycles. The Morgan fingerprint density at radius 3 is 2.50 bits per heavy atom. The Bertz CT molecular complexity index is 639. The van der Waals surface area contributed by atoms with Gasteiger partial charge in [0.05, 0.1) is 11.3 Å². The molecule has 4 nitrogen and oxygen atoms in total. The smallest absolute Gasteiger partial charge is 0.317 e. The highest BCUT2D eigenvalue weighted by molar-refractivity contribution is 7.88. The van der Waals surface area contributed by atoms with E-state index in [2.05, 4.69) is 5.32 Å². The van der Waals surface area contributed by atoms with E-state index < -0.39 is 27.5 Å². The maximum absolute atomic E-state index is 12.7. The number of piperidine rings is 1. The molecule has 1 heterocycles. The predicted molar refractivity (Wildman–Crippen MR) is 86.9 cm³/mol. The number of benzene rings is 1. The van der Waals surface area contributed by atoms with Gasteiger partial charge in [-0.05, 0) is 43.5 Å². The fourth-order valence-corrected chi connectivity index (χ4v) is 4.43. The molecule has 24 heavy (non-hydrogen) atoms. The second kappa shape index (κ2) is 7.84. The summed E-state index contributed by atoms with van der Waals surface area (Å²) in [5.41, 5.74) is -0.654. The number of sulfonamides is 1.